The van der Waals surface area contributed by atoms with E-state index in [0.29, 0.717) is 17.1 Å². The van der Waals surface area contributed by atoms with Gasteiger partial charge in [0.2, 0.25) is 10.0 Å². The Bertz CT molecular complexity index is 1240. The number of benzene rings is 3. The minimum atomic E-state index is -3.76. The predicted octanol–water partition coefficient (Wildman–Crippen LogP) is 3.30. The largest absolute Gasteiger partial charge is 0.457 e. The summed E-state index contributed by atoms with van der Waals surface area (Å²) in [5.74, 6) is 0.481. The second-order valence-corrected chi connectivity index (χ2v) is 8.73. The quantitative estimate of drug-likeness (QED) is 0.291. The highest BCUT2D eigenvalue weighted by atomic mass is 32.2. The van der Waals surface area contributed by atoms with Crippen molar-refractivity contribution < 1.29 is 22.9 Å². The van der Waals surface area contributed by atoms with Crippen molar-refractivity contribution in [1.29, 1.82) is 0 Å². The van der Waals surface area contributed by atoms with Crippen molar-refractivity contribution in [2.24, 2.45) is 5.10 Å². The van der Waals surface area contributed by atoms with Crippen LogP contribution in [-0.4, -0.2) is 38.3 Å². The fourth-order valence-corrected chi connectivity index (χ4v) is 3.59. The summed E-state index contributed by atoms with van der Waals surface area (Å²) in [5.41, 5.74) is 2.99. The number of nitro groups is 1. The van der Waals surface area contributed by atoms with Gasteiger partial charge in [-0.05, 0) is 54.1 Å². The molecule has 0 aliphatic heterocycles. The molecule has 0 bridgehead atoms. The van der Waals surface area contributed by atoms with Crippen molar-refractivity contribution in [3.05, 3.63) is 94.5 Å². The van der Waals surface area contributed by atoms with Crippen LogP contribution < -0.4 is 14.5 Å². The summed E-state index contributed by atoms with van der Waals surface area (Å²) in [6, 6.07) is 20.9. The first-order valence-corrected chi connectivity index (χ1v) is 11.4. The zero-order valence-electron chi connectivity index (χ0n) is 17.5. The zero-order valence-corrected chi connectivity index (χ0v) is 18.3. The van der Waals surface area contributed by atoms with Gasteiger partial charge in [0, 0.05) is 12.1 Å². The summed E-state index contributed by atoms with van der Waals surface area (Å²) >= 11 is 0. The van der Waals surface area contributed by atoms with Crippen molar-refractivity contribution in [1.82, 2.24) is 5.43 Å². The van der Waals surface area contributed by atoms with Crippen LogP contribution >= 0.6 is 0 Å². The van der Waals surface area contributed by atoms with Crippen LogP contribution in [0.25, 0.3) is 0 Å². The molecule has 0 aliphatic carbocycles. The summed E-state index contributed by atoms with van der Waals surface area (Å²) in [6.07, 6.45) is 2.29. The summed E-state index contributed by atoms with van der Waals surface area (Å²) in [4.78, 5) is 22.4. The van der Waals surface area contributed by atoms with Gasteiger partial charge in [0.25, 0.3) is 11.6 Å². The van der Waals surface area contributed by atoms with Gasteiger partial charge in [0.15, 0.2) is 0 Å². The molecule has 10 nitrogen and oxygen atoms in total. The Balaban J connectivity index is 1.64. The second kappa shape index (κ2) is 10.4. The fraction of sp³-hybridized carbons (Fsp3) is 0.0909. The van der Waals surface area contributed by atoms with E-state index >= 15 is 0 Å². The van der Waals surface area contributed by atoms with Crippen molar-refractivity contribution in [2.75, 3.05) is 17.1 Å². The van der Waals surface area contributed by atoms with E-state index in [1.807, 2.05) is 18.2 Å². The summed E-state index contributed by atoms with van der Waals surface area (Å²) in [7, 11) is -3.76. The number of hydrazone groups is 1. The van der Waals surface area contributed by atoms with Gasteiger partial charge in [-0.2, -0.15) is 5.10 Å². The molecule has 1 N–H and O–H groups in total. The standard InChI is InChI=1S/C22H20N4O6S/c1-33(30,31)25(18-11-13-21(14-12-18)32-20-5-3-2-4-6-20)16-22(27)24-23-15-17-7-9-19(10-8-17)26(28)29/h2-15H,16H2,1H3,(H,24,27)/b23-15-. The lowest BCUT2D eigenvalue weighted by atomic mass is 10.2. The van der Waals surface area contributed by atoms with Crippen molar-refractivity contribution >= 4 is 33.5 Å². The molecule has 0 fully saturated rings. The minimum Gasteiger partial charge on any atom is -0.457 e. The monoisotopic (exact) mass is 468 g/mol. The van der Waals surface area contributed by atoms with E-state index < -0.39 is 27.4 Å². The van der Waals surface area contributed by atoms with Crippen LogP contribution in [0.5, 0.6) is 11.5 Å². The summed E-state index contributed by atoms with van der Waals surface area (Å²) in [6.45, 7) is -0.491. The first-order valence-electron chi connectivity index (χ1n) is 9.59. The molecule has 0 aromatic heterocycles. The van der Waals surface area contributed by atoms with Crippen molar-refractivity contribution in [3.63, 3.8) is 0 Å². The smallest absolute Gasteiger partial charge is 0.269 e. The zero-order chi connectivity index (χ0) is 23.8. The number of nitrogens with zero attached hydrogens (tertiary/aromatic N) is 3. The Kier molecular flexibility index (Phi) is 7.36. The molecule has 0 atom stereocenters. The topological polar surface area (TPSA) is 131 Å². The van der Waals surface area contributed by atoms with E-state index in [1.165, 1.54) is 42.6 Å². The van der Waals surface area contributed by atoms with Gasteiger partial charge in [-0.25, -0.2) is 13.8 Å². The van der Waals surface area contributed by atoms with E-state index in [4.69, 9.17) is 4.74 Å². The number of rotatable bonds is 9. The fourth-order valence-electron chi connectivity index (χ4n) is 2.73. The molecular formula is C22H20N4O6S. The lowest BCUT2D eigenvalue weighted by Gasteiger charge is -2.21. The van der Waals surface area contributed by atoms with Gasteiger partial charge < -0.3 is 4.74 Å². The van der Waals surface area contributed by atoms with Gasteiger partial charge >= 0.3 is 0 Å². The minimum absolute atomic E-state index is 0.0693. The average molecular weight is 468 g/mol. The maximum atomic E-state index is 12.3. The molecule has 3 aromatic rings. The van der Waals surface area contributed by atoms with Crippen LogP contribution in [0.4, 0.5) is 11.4 Å². The molecule has 33 heavy (non-hydrogen) atoms. The number of non-ortho nitro benzene ring substituents is 1. The van der Waals surface area contributed by atoms with Crippen LogP contribution in [0, 0.1) is 10.1 Å². The molecule has 0 radical (unpaired) electrons. The van der Waals surface area contributed by atoms with Crippen LogP contribution in [0.3, 0.4) is 0 Å². The van der Waals surface area contributed by atoms with E-state index in [-0.39, 0.29) is 11.4 Å². The molecule has 3 aromatic carbocycles. The number of nitro benzene ring substituents is 1. The van der Waals surface area contributed by atoms with E-state index in [2.05, 4.69) is 10.5 Å². The van der Waals surface area contributed by atoms with Gasteiger partial charge in [0.1, 0.15) is 18.0 Å². The van der Waals surface area contributed by atoms with Gasteiger partial charge in [-0.1, -0.05) is 18.2 Å². The van der Waals surface area contributed by atoms with E-state index in [0.717, 1.165) is 10.6 Å². The Morgan fingerprint density at radius 3 is 2.21 bits per heavy atom. The van der Waals surface area contributed by atoms with Crippen LogP contribution in [0.1, 0.15) is 5.56 Å². The number of carbonyl (C=O) groups is 1. The van der Waals surface area contributed by atoms with Crippen LogP contribution in [0.2, 0.25) is 0 Å². The highest BCUT2D eigenvalue weighted by Gasteiger charge is 2.20. The number of sulfonamides is 1. The molecule has 0 spiro atoms. The number of carbonyl (C=O) groups excluding carboxylic acids is 1. The molecule has 0 aliphatic rings. The van der Waals surface area contributed by atoms with Gasteiger partial charge in [0.05, 0.1) is 23.1 Å². The number of hydrogen-bond donors (Lipinski definition) is 1. The number of para-hydroxylation sites is 1. The SMILES string of the molecule is CS(=O)(=O)N(CC(=O)N/N=C\c1ccc([N+](=O)[O-])cc1)c1ccc(Oc2ccccc2)cc1. The Morgan fingerprint density at radius 2 is 1.64 bits per heavy atom. The van der Waals surface area contributed by atoms with E-state index in [1.54, 1.807) is 24.3 Å². The number of hydrogen-bond acceptors (Lipinski definition) is 7. The lowest BCUT2D eigenvalue weighted by molar-refractivity contribution is -0.384. The highest BCUT2D eigenvalue weighted by Crippen LogP contribution is 2.25. The summed E-state index contributed by atoms with van der Waals surface area (Å²) in [5, 5.41) is 14.4. The van der Waals surface area contributed by atoms with Crippen molar-refractivity contribution in [3.8, 4) is 11.5 Å². The predicted molar refractivity (Wildman–Crippen MR) is 124 cm³/mol. The van der Waals surface area contributed by atoms with Gasteiger partial charge in [-0.3, -0.25) is 19.2 Å². The third kappa shape index (κ3) is 6.87. The number of ether oxygens (including phenoxy) is 1. The molecule has 11 heteroatoms. The Labute approximate surface area is 190 Å². The molecule has 1 amide bonds. The number of anilines is 1. The maximum Gasteiger partial charge on any atom is 0.269 e. The third-order valence-corrected chi connectivity index (χ3v) is 5.44. The van der Waals surface area contributed by atoms with E-state index in [9.17, 15) is 23.3 Å². The molecule has 0 saturated carbocycles. The molecule has 170 valence electrons. The van der Waals surface area contributed by atoms with Crippen LogP contribution in [0.15, 0.2) is 84.0 Å². The van der Waals surface area contributed by atoms with Crippen molar-refractivity contribution in [2.45, 2.75) is 0 Å². The second-order valence-electron chi connectivity index (χ2n) is 6.82. The lowest BCUT2D eigenvalue weighted by Crippen LogP contribution is -2.38. The summed E-state index contributed by atoms with van der Waals surface area (Å²) < 4.78 is 31.1. The van der Waals surface area contributed by atoms with Crippen LogP contribution in [-0.2, 0) is 14.8 Å². The third-order valence-electron chi connectivity index (χ3n) is 4.30. The maximum absolute atomic E-state index is 12.3. The molecule has 0 unspecified atom stereocenters. The molecule has 0 heterocycles. The first-order chi connectivity index (χ1) is 15.7. The molecular weight excluding hydrogens is 448 g/mol. The Morgan fingerprint density at radius 1 is 1.03 bits per heavy atom. The van der Waals surface area contributed by atoms with Gasteiger partial charge in [-0.15, -0.1) is 0 Å². The first kappa shape index (κ1) is 23.4. The Hall–Kier alpha value is -4.25. The number of nitrogens with one attached hydrogen (secondary N) is 1. The normalized spacial score (nSPS) is 11.2. The molecule has 3 rings (SSSR count). The number of amides is 1. The molecule has 0 saturated heterocycles. The highest BCUT2D eigenvalue weighted by molar-refractivity contribution is 7.92. The average Bonchev–Trinajstić information content (AvgIpc) is 2.78.